The second kappa shape index (κ2) is 23.0. The van der Waals surface area contributed by atoms with E-state index in [-0.39, 0.29) is 18.1 Å². The van der Waals surface area contributed by atoms with Crippen LogP contribution in [0.25, 0.3) is 0 Å². The van der Waals surface area contributed by atoms with Gasteiger partial charge in [-0.25, -0.2) is 0 Å². The molecule has 1 aliphatic rings. The van der Waals surface area contributed by atoms with Gasteiger partial charge in [-0.05, 0) is 50.9 Å². The van der Waals surface area contributed by atoms with Crippen LogP contribution in [0.4, 0.5) is 0 Å². The zero-order valence-electron chi connectivity index (χ0n) is 24.9. The summed E-state index contributed by atoms with van der Waals surface area (Å²) in [5, 5.41) is 17.6. The van der Waals surface area contributed by atoms with Gasteiger partial charge in [0.05, 0.1) is 5.92 Å². The molecule has 0 aliphatic heterocycles. The number of hydrogen-bond donors (Lipinski definition) is 2. The minimum atomic E-state index is -0.898. The summed E-state index contributed by atoms with van der Waals surface area (Å²) in [6.07, 6.45) is 26.0. The van der Waals surface area contributed by atoms with Crippen LogP contribution in [0.2, 0.25) is 0 Å². The van der Waals surface area contributed by atoms with E-state index in [1.807, 2.05) is 0 Å². The summed E-state index contributed by atoms with van der Waals surface area (Å²) in [5.74, 6) is -1.12. The molecule has 0 radical (unpaired) electrons. The molecule has 1 atom stereocenters. The molecular formula is C33H58O6. The molecule has 0 aromatic heterocycles. The van der Waals surface area contributed by atoms with Crippen LogP contribution < -0.4 is 0 Å². The van der Waals surface area contributed by atoms with Crippen LogP contribution in [0.1, 0.15) is 167 Å². The Morgan fingerprint density at radius 2 is 1.00 bits per heavy atom. The predicted octanol–water partition coefficient (Wildman–Crippen LogP) is 8.93. The molecule has 6 nitrogen and oxygen atoms in total. The Labute approximate surface area is 238 Å². The maximum Gasteiger partial charge on any atom is 0.306 e. The van der Waals surface area contributed by atoms with E-state index < -0.39 is 17.9 Å². The lowest BCUT2D eigenvalue weighted by molar-refractivity contribution is -0.143. The van der Waals surface area contributed by atoms with Gasteiger partial charge in [0.15, 0.2) is 0 Å². The van der Waals surface area contributed by atoms with E-state index in [2.05, 4.69) is 0 Å². The highest BCUT2D eigenvalue weighted by Crippen LogP contribution is 2.33. The van der Waals surface area contributed by atoms with E-state index in [0.29, 0.717) is 31.0 Å². The summed E-state index contributed by atoms with van der Waals surface area (Å²) in [5.41, 5.74) is 0. The molecule has 1 fully saturated rings. The van der Waals surface area contributed by atoms with Gasteiger partial charge < -0.3 is 10.2 Å². The fourth-order valence-corrected chi connectivity index (χ4v) is 5.89. The normalized spacial score (nSPS) is 18.1. The molecule has 226 valence electrons. The van der Waals surface area contributed by atoms with E-state index >= 15 is 0 Å². The first kappa shape index (κ1) is 35.3. The minimum absolute atomic E-state index is 0.0175. The van der Waals surface area contributed by atoms with Gasteiger partial charge in [0, 0.05) is 31.6 Å². The van der Waals surface area contributed by atoms with Crippen LogP contribution in [0.15, 0.2) is 0 Å². The number of carboxylic acid groups (broad SMARTS) is 2. The smallest absolute Gasteiger partial charge is 0.306 e. The molecule has 2 N–H and O–H groups in total. The van der Waals surface area contributed by atoms with Gasteiger partial charge in [0.25, 0.3) is 0 Å². The van der Waals surface area contributed by atoms with E-state index in [1.54, 1.807) is 6.92 Å². The number of unbranched alkanes of at least 4 members (excludes halogenated alkanes) is 15. The molecule has 0 bridgehead atoms. The summed E-state index contributed by atoms with van der Waals surface area (Å²) >= 11 is 0. The third-order valence-corrected chi connectivity index (χ3v) is 8.66. The number of Topliss-reactive ketones (excluding diaryl/α,β-unsaturated/α-hetero) is 2. The molecule has 0 heterocycles. The lowest BCUT2D eigenvalue weighted by Gasteiger charge is -2.28. The first-order valence-corrected chi connectivity index (χ1v) is 16.3. The average Bonchev–Trinajstić information content (AvgIpc) is 2.91. The van der Waals surface area contributed by atoms with Crippen LogP contribution in [-0.2, 0) is 19.2 Å². The first-order chi connectivity index (χ1) is 18.8. The molecular weight excluding hydrogens is 492 g/mol. The first-order valence-electron chi connectivity index (χ1n) is 16.3. The van der Waals surface area contributed by atoms with Crippen LogP contribution in [0.3, 0.4) is 0 Å². The number of carbonyl (C=O) groups is 4. The quantitative estimate of drug-likeness (QED) is 0.104. The van der Waals surface area contributed by atoms with E-state index in [0.717, 1.165) is 57.8 Å². The predicted molar refractivity (Wildman–Crippen MR) is 157 cm³/mol. The number of aliphatic carboxylic acids is 2. The Balaban J connectivity index is 1.84. The molecule has 0 aromatic carbocycles. The minimum Gasteiger partial charge on any atom is -0.481 e. The Kier molecular flexibility index (Phi) is 20.8. The molecule has 0 amide bonds. The van der Waals surface area contributed by atoms with Gasteiger partial charge in [-0.3, -0.25) is 19.2 Å². The van der Waals surface area contributed by atoms with Crippen LogP contribution in [-0.4, -0.2) is 33.7 Å². The van der Waals surface area contributed by atoms with Gasteiger partial charge in [-0.1, -0.05) is 96.8 Å². The van der Waals surface area contributed by atoms with Crippen molar-refractivity contribution in [1.29, 1.82) is 0 Å². The van der Waals surface area contributed by atoms with Crippen LogP contribution in [0, 0.1) is 17.8 Å². The van der Waals surface area contributed by atoms with Crippen molar-refractivity contribution in [3.63, 3.8) is 0 Å². The zero-order chi connectivity index (χ0) is 28.7. The molecule has 39 heavy (non-hydrogen) atoms. The van der Waals surface area contributed by atoms with E-state index in [1.165, 1.54) is 77.0 Å². The topological polar surface area (TPSA) is 109 Å². The lowest BCUT2D eigenvalue weighted by atomic mass is 9.76. The van der Waals surface area contributed by atoms with Crippen LogP contribution in [0.5, 0.6) is 0 Å². The number of carbonyl (C=O) groups excluding carboxylic acids is 2. The lowest BCUT2D eigenvalue weighted by Crippen LogP contribution is -2.25. The third-order valence-electron chi connectivity index (χ3n) is 8.66. The zero-order valence-corrected chi connectivity index (χ0v) is 24.9. The van der Waals surface area contributed by atoms with Crippen LogP contribution >= 0.6 is 0 Å². The third kappa shape index (κ3) is 19.9. The summed E-state index contributed by atoms with van der Waals surface area (Å²) in [7, 11) is 0. The monoisotopic (exact) mass is 550 g/mol. The van der Waals surface area contributed by atoms with Gasteiger partial charge >= 0.3 is 11.9 Å². The van der Waals surface area contributed by atoms with Gasteiger partial charge in [-0.2, -0.15) is 0 Å². The maximum atomic E-state index is 12.3. The summed E-state index contributed by atoms with van der Waals surface area (Å²) in [6.45, 7) is 1.60. The number of ketones is 2. The fourth-order valence-electron chi connectivity index (χ4n) is 5.89. The number of hydrogen-bond acceptors (Lipinski definition) is 4. The average molecular weight is 551 g/mol. The molecule has 0 spiro atoms. The van der Waals surface area contributed by atoms with Crippen molar-refractivity contribution in [2.75, 3.05) is 0 Å². The summed E-state index contributed by atoms with van der Waals surface area (Å²) in [6, 6.07) is 0. The van der Waals surface area contributed by atoms with E-state index in [9.17, 15) is 19.2 Å². The molecule has 6 heteroatoms. The molecule has 1 saturated carbocycles. The number of carboxylic acids is 2. The molecule has 1 aliphatic carbocycles. The van der Waals surface area contributed by atoms with Crippen molar-refractivity contribution in [3.8, 4) is 0 Å². The highest BCUT2D eigenvalue weighted by atomic mass is 16.4. The van der Waals surface area contributed by atoms with Crippen molar-refractivity contribution in [2.45, 2.75) is 167 Å². The fraction of sp³-hybridized carbons (Fsp3) is 0.879. The van der Waals surface area contributed by atoms with Gasteiger partial charge in [0.1, 0.15) is 11.6 Å². The standard InChI is InChI=1S/C33H58O6/c1-27(33(38)39)26-31(35)29-23-20-28(21-24-29)22-25-30(34)18-16-14-12-10-8-6-4-2-3-5-7-9-11-13-15-17-19-32(36)37/h27-29H,2-26H2,1H3,(H,36,37)(H,38,39). The second-order valence-corrected chi connectivity index (χ2v) is 12.3. The Bertz CT molecular complexity index is 680. The highest BCUT2D eigenvalue weighted by Gasteiger charge is 2.28. The summed E-state index contributed by atoms with van der Waals surface area (Å²) in [4.78, 5) is 46.0. The van der Waals surface area contributed by atoms with Crippen molar-refractivity contribution >= 4 is 23.5 Å². The Morgan fingerprint density at radius 1 is 0.590 bits per heavy atom. The molecule has 1 unspecified atom stereocenters. The summed E-state index contributed by atoms with van der Waals surface area (Å²) < 4.78 is 0. The SMILES string of the molecule is CC(CC(=O)C1CCC(CCC(=O)CCCCCCCCCCCCCCCCCCC(=O)O)CC1)C(=O)O. The molecule has 0 aromatic rings. The number of rotatable bonds is 26. The van der Waals surface area contributed by atoms with Gasteiger partial charge in [-0.15, -0.1) is 0 Å². The Hall–Kier alpha value is -1.72. The Morgan fingerprint density at radius 3 is 1.41 bits per heavy atom. The second-order valence-electron chi connectivity index (χ2n) is 12.3. The van der Waals surface area contributed by atoms with Gasteiger partial charge in [0.2, 0.25) is 0 Å². The largest absolute Gasteiger partial charge is 0.481 e. The van der Waals surface area contributed by atoms with Crippen molar-refractivity contribution in [1.82, 2.24) is 0 Å². The van der Waals surface area contributed by atoms with Crippen molar-refractivity contribution in [3.05, 3.63) is 0 Å². The van der Waals surface area contributed by atoms with Crippen molar-refractivity contribution < 1.29 is 29.4 Å². The molecule has 1 rings (SSSR count). The maximum absolute atomic E-state index is 12.3. The van der Waals surface area contributed by atoms with Crippen molar-refractivity contribution in [2.24, 2.45) is 17.8 Å². The molecule has 0 saturated heterocycles. The van der Waals surface area contributed by atoms with E-state index in [4.69, 9.17) is 10.2 Å². The highest BCUT2D eigenvalue weighted by molar-refractivity contribution is 5.85.